The van der Waals surface area contributed by atoms with E-state index in [2.05, 4.69) is 36.2 Å². The maximum absolute atomic E-state index is 5.66. The molecule has 2 rings (SSSR count). The number of benzene rings is 1. The van der Waals surface area contributed by atoms with Crippen LogP contribution in [0.25, 0.3) is 0 Å². The van der Waals surface area contributed by atoms with E-state index in [1.807, 2.05) is 6.08 Å². The average molecular weight is 203 g/mol. The molecule has 0 aliphatic carbocycles. The van der Waals surface area contributed by atoms with E-state index in [0.29, 0.717) is 6.04 Å². The minimum absolute atomic E-state index is 0.399. The molecule has 0 bridgehead atoms. The first-order valence-corrected chi connectivity index (χ1v) is 5.39. The standard InChI is InChI=1S/C13H17NO/c1-2-5-13-10-15-9-12-7-4-3-6-11(12)8-14-13/h2-4,6-7,13-14H,1,5,8-10H2. The van der Waals surface area contributed by atoms with Crippen molar-refractivity contribution in [3.8, 4) is 0 Å². The summed E-state index contributed by atoms with van der Waals surface area (Å²) in [6.07, 6.45) is 2.90. The summed E-state index contributed by atoms with van der Waals surface area (Å²) in [5.41, 5.74) is 2.63. The van der Waals surface area contributed by atoms with Crippen LogP contribution in [0.1, 0.15) is 17.5 Å². The smallest absolute Gasteiger partial charge is 0.0720 e. The lowest BCUT2D eigenvalue weighted by Crippen LogP contribution is -2.34. The van der Waals surface area contributed by atoms with Gasteiger partial charge in [-0.25, -0.2) is 0 Å². The van der Waals surface area contributed by atoms with Gasteiger partial charge in [0, 0.05) is 12.6 Å². The first-order valence-electron chi connectivity index (χ1n) is 5.39. The molecule has 1 N–H and O–H groups in total. The lowest BCUT2D eigenvalue weighted by atomic mass is 10.1. The second kappa shape index (κ2) is 5.10. The third kappa shape index (κ3) is 2.67. The fourth-order valence-electron chi connectivity index (χ4n) is 1.85. The van der Waals surface area contributed by atoms with E-state index >= 15 is 0 Å². The Morgan fingerprint density at radius 3 is 3.00 bits per heavy atom. The summed E-state index contributed by atoms with van der Waals surface area (Å²) in [7, 11) is 0. The number of ether oxygens (including phenoxy) is 1. The Hall–Kier alpha value is -1.12. The molecular weight excluding hydrogens is 186 g/mol. The molecule has 1 aromatic rings. The van der Waals surface area contributed by atoms with Gasteiger partial charge in [0.2, 0.25) is 0 Å². The van der Waals surface area contributed by atoms with Gasteiger partial charge in [-0.2, -0.15) is 0 Å². The van der Waals surface area contributed by atoms with Gasteiger partial charge in [0.1, 0.15) is 0 Å². The molecule has 0 aromatic heterocycles. The van der Waals surface area contributed by atoms with Crippen molar-refractivity contribution < 1.29 is 4.74 Å². The molecule has 0 saturated carbocycles. The van der Waals surface area contributed by atoms with Gasteiger partial charge in [-0.1, -0.05) is 30.3 Å². The average Bonchev–Trinajstić information content (AvgIpc) is 2.23. The fourth-order valence-corrected chi connectivity index (χ4v) is 1.85. The minimum Gasteiger partial charge on any atom is -0.375 e. The van der Waals surface area contributed by atoms with Crippen LogP contribution in [0, 0.1) is 0 Å². The monoisotopic (exact) mass is 203 g/mol. The van der Waals surface area contributed by atoms with Gasteiger partial charge in [0.15, 0.2) is 0 Å². The van der Waals surface area contributed by atoms with Crippen LogP contribution in [-0.4, -0.2) is 12.6 Å². The van der Waals surface area contributed by atoms with Crippen LogP contribution in [-0.2, 0) is 17.9 Å². The molecule has 1 aromatic carbocycles. The van der Waals surface area contributed by atoms with Crippen molar-refractivity contribution in [3.05, 3.63) is 48.0 Å². The summed E-state index contributed by atoms with van der Waals surface area (Å²) in [5, 5.41) is 3.48. The lowest BCUT2D eigenvalue weighted by Gasteiger charge is -2.22. The number of hydrogen-bond donors (Lipinski definition) is 1. The Labute approximate surface area is 91.0 Å². The molecule has 1 atom stereocenters. The highest BCUT2D eigenvalue weighted by Crippen LogP contribution is 2.13. The van der Waals surface area contributed by atoms with Crippen LogP contribution >= 0.6 is 0 Å². The third-order valence-electron chi connectivity index (χ3n) is 2.73. The van der Waals surface area contributed by atoms with E-state index in [9.17, 15) is 0 Å². The minimum atomic E-state index is 0.399. The highest BCUT2D eigenvalue weighted by Gasteiger charge is 2.12. The molecule has 0 radical (unpaired) electrons. The van der Waals surface area contributed by atoms with Crippen molar-refractivity contribution in [2.24, 2.45) is 0 Å². The molecule has 1 unspecified atom stereocenters. The van der Waals surface area contributed by atoms with Crippen molar-refractivity contribution in [1.29, 1.82) is 0 Å². The largest absolute Gasteiger partial charge is 0.375 e. The summed E-state index contributed by atoms with van der Waals surface area (Å²) >= 11 is 0. The topological polar surface area (TPSA) is 21.3 Å². The van der Waals surface area contributed by atoms with Gasteiger partial charge in [-0.3, -0.25) is 0 Å². The van der Waals surface area contributed by atoms with Crippen LogP contribution in [0.5, 0.6) is 0 Å². The van der Waals surface area contributed by atoms with Crippen molar-refractivity contribution >= 4 is 0 Å². The van der Waals surface area contributed by atoms with Gasteiger partial charge >= 0.3 is 0 Å². The van der Waals surface area contributed by atoms with E-state index in [0.717, 1.165) is 26.2 Å². The number of nitrogens with one attached hydrogen (secondary N) is 1. The summed E-state index contributed by atoms with van der Waals surface area (Å²) < 4.78 is 5.66. The first-order chi connectivity index (χ1) is 7.40. The Morgan fingerprint density at radius 1 is 1.40 bits per heavy atom. The fraction of sp³-hybridized carbons (Fsp3) is 0.385. The normalized spacial score (nSPS) is 21.2. The SMILES string of the molecule is C=CCC1COCc2ccccc2CN1. The van der Waals surface area contributed by atoms with E-state index in [1.165, 1.54) is 11.1 Å². The maximum Gasteiger partial charge on any atom is 0.0720 e. The van der Waals surface area contributed by atoms with Crippen molar-refractivity contribution in [3.63, 3.8) is 0 Å². The highest BCUT2D eigenvalue weighted by molar-refractivity contribution is 5.26. The van der Waals surface area contributed by atoms with Crippen molar-refractivity contribution in [2.45, 2.75) is 25.6 Å². The van der Waals surface area contributed by atoms with Crippen LogP contribution < -0.4 is 5.32 Å². The van der Waals surface area contributed by atoms with Gasteiger partial charge < -0.3 is 10.1 Å². The molecule has 2 heteroatoms. The molecule has 1 aliphatic rings. The Bertz CT molecular complexity index is 335. The van der Waals surface area contributed by atoms with Crippen LogP contribution in [0.2, 0.25) is 0 Å². The molecule has 15 heavy (non-hydrogen) atoms. The summed E-state index contributed by atoms with van der Waals surface area (Å²) in [4.78, 5) is 0. The predicted octanol–water partition coefficient (Wildman–Crippen LogP) is 2.25. The third-order valence-corrected chi connectivity index (χ3v) is 2.73. The summed E-state index contributed by atoms with van der Waals surface area (Å²) in [5.74, 6) is 0. The van der Waals surface area contributed by atoms with Gasteiger partial charge in [0.25, 0.3) is 0 Å². The van der Waals surface area contributed by atoms with E-state index in [-0.39, 0.29) is 0 Å². The molecule has 2 nitrogen and oxygen atoms in total. The van der Waals surface area contributed by atoms with Crippen molar-refractivity contribution in [2.75, 3.05) is 6.61 Å². The van der Waals surface area contributed by atoms with Crippen LogP contribution in [0.4, 0.5) is 0 Å². The quantitative estimate of drug-likeness (QED) is 0.744. The van der Waals surface area contributed by atoms with Gasteiger partial charge in [-0.15, -0.1) is 6.58 Å². The van der Waals surface area contributed by atoms with Gasteiger partial charge in [-0.05, 0) is 17.5 Å². The Kier molecular flexibility index (Phi) is 3.54. The lowest BCUT2D eigenvalue weighted by molar-refractivity contribution is 0.0933. The molecule has 0 saturated heterocycles. The molecule has 0 spiro atoms. The number of fused-ring (bicyclic) bond motifs is 1. The summed E-state index contributed by atoms with van der Waals surface area (Å²) in [6, 6.07) is 8.82. The zero-order valence-electron chi connectivity index (χ0n) is 8.91. The number of rotatable bonds is 2. The van der Waals surface area contributed by atoms with Crippen molar-refractivity contribution in [1.82, 2.24) is 5.32 Å². The highest BCUT2D eigenvalue weighted by atomic mass is 16.5. The zero-order chi connectivity index (χ0) is 10.5. The zero-order valence-corrected chi connectivity index (χ0v) is 8.91. The van der Waals surface area contributed by atoms with Crippen LogP contribution in [0.15, 0.2) is 36.9 Å². The molecule has 80 valence electrons. The van der Waals surface area contributed by atoms with Crippen LogP contribution in [0.3, 0.4) is 0 Å². The predicted molar refractivity (Wildman–Crippen MR) is 61.5 cm³/mol. The van der Waals surface area contributed by atoms with Gasteiger partial charge in [0.05, 0.1) is 13.2 Å². The van der Waals surface area contributed by atoms with E-state index in [4.69, 9.17) is 4.74 Å². The van der Waals surface area contributed by atoms with E-state index < -0.39 is 0 Å². The molecule has 0 amide bonds. The van der Waals surface area contributed by atoms with E-state index in [1.54, 1.807) is 0 Å². The summed E-state index contributed by atoms with van der Waals surface area (Å²) in [6.45, 7) is 6.18. The second-order valence-electron chi connectivity index (χ2n) is 3.89. The molecule has 1 heterocycles. The molecule has 0 fully saturated rings. The molecular formula is C13H17NO. The number of hydrogen-bond acceptors (Lipinski definition) is 2. The Morgan fingerprint density at radius 2 is 2.20 bits per heavy atom. The molecule has 1 aliphatic heterocycles. The Balaban J connectivity index is 2.07. The maximum atomic E-state index is 5.66. The first kappa shape index (κ1) is 10.4. The second-order valence-corrected chi connectivity index (χ2v) is 3.89.